The monoisotopic (exact) mass is 267 g/mol. The van der Waals surface area contributed by atoms with Crippen LogP contribution in [0.25, 0.3) is 0 Å². The number of piperidine rings is 1. The number of carboxylic acid groups (broad SMARTS) is 1. The van der Waals surface area contributed by atoms with Crippen molar-refractivity contribution in [2.24, 2.45) is 0 Å². The number of rotatable bonds is 2. The summed E-state index contributed by atoms with van der Waals surface area (Å²) in [7, 11) is 0. The highest BCUT2D eigenvalue weighted by Gasteiger charge is 2.33. The number of aromatic hydroxyl groups is 1. The molecule has 1 heterocycles. The van der Waals surface area contributed by atoms with E-state index >= 15 is 0 Å². The number of benzene rings is 1. The van der Waals surface area contributed by atoms with Gasteiger partial charge in [0.2, 0.25) is 0 Å². The molecule has 1 amide bonds. The number of amides is 1. The number of phenolic OH excluding ortho intramolecular Hbond substituents is 1. The average molecular weight is 267 g/mol. The maximum absolute atomic E-state index is 12.9. The van der Waals surface area contributed by atoms with Crippen molar-refractivity contribution < 1.29 is 24.2 Å². The van der Waals surface area contributed by atoms with Crippen LogP contribution < -0.4 is 0 Å². The van der Waals surface area contributed by atoms with E-state index < -0.39 is 29.5 Å². The Hall–Kier alpha value is -2.11. The summed E-state index contributed by atoms with van der Waals surface area (Å²) in [5, 5.41) is 18.7. The molecule has 5 nitrogen and oxygen atoms in total. The predicted octanol–water partition coefficient (Wildman–Crippen LogP) is 1.61. The minimum Gasteiger partial charge on any atom is -0.507 e. The van der Waals surface area contributed by atoms with E-state index in [1.165, 1.54) is 11.0 Å². The molecule has 19 heavy (non-hydrogen) atoms. The highest BCUT2D eigenvalue weighted by Crippen LogP contribution is 2.24. The van der Waals surface area contributed by atoms with E-state index in [1.807, 2.05) is 0 Å². The van der Waals surface area contributed by atoms with Gasteiger partial charge in [0.05, 0.1) is 5.56 Å². The number of likely N-dealkylation sites (tertiary alicyclic amines) is 1. The Bertz CT molecular complexity index is 517. The zero-order chi connectivity index (χ0) is 14.0. The van der Waals surface area contributed by atoms with Crippen molar-refractivity contribution >= 4 is 11.9 Å². The Balaban J connectivity index is 2.28. The van der Waals surface area contributed by atoms with Gasteiger partial charge in [-0.1, -0.05) is 0 Å². The molecule has 1 saturated heterocycles. The number of halogens is 1. The van der Waals surface area contributed by atoms with E-state index in [-0.39, 0.29) is 5.56 Å². The number of carboxylic acids is 1. The van der Waals surface area contributed by atoms with Crippen LogP contribution in [0.2, 0.25) is 0 Å². The van der Waals surface area contributed by atoms with E-state index in [1.54, 1.807) is 0 Å². The van der Waals surface area contributed by atoms with E-state index in [0.29, 0.717) is 13.0 Å². The van der Waals surface area contributed by atoms with Crippen molar-refractivity contribution in [1.82, 2.24) is 4.90 Å². The van der Waals surface area contributed by atoms with E-state index in [4.69, 9.17) is 5.11 Å². The topological polar surface area (TPSA) is 77.8 Å². The lowest BCUT2D eigenvalue weighted by Gasteiger charge is -2.33. The SMILES string of the molecule is O=C(O)[C@H]1CCCCN1C(=O)c1ccc(F)cc1O. The molecule has 2 N–H and O–H groups in total. The molecule has 0 unspecified atom stereocenters. The van der Waals surface area contributed by atoms with Crippen LogP contribution in [-0.4, -0.2) is 39.6 Å². The molecule has 1 aromatic carbocycles. The molecule has 0 aliphatic carbocycles. The maximum Gasteiger partial charge on any atom is 0.326 e. The number of carbonyl (C=O) groups excluding carboxylic acids is 1. The number of hydrogen-bond acceptors (Lipinski definition) is 3. The van der Waals surface area contributed by atoms with Crippen LogP contribution in [-0.2, 0) is 4.79 Å². The minimum absolute atomic E-state index is 0.0745. The first-order valence-corrected chi connectivity index (χ1v) is 6.03. The molecule has 0 bridgehead atoms. The summed E-state index contributed by atoms with van der Waals surface area (Å²) in [6.45, 7) is 0.326. The number of hydrogen-bond donors (Lipinski definition) is 2. The Morgan fingerprint density at radius 3 is 2.68 bits per heavy atom. The van der Waals surface area contributed by atoms with Gasteiger partial charge < -0.3 is 15.1 Å². The fourth-order valence-electron chi connectivity index (χ4n) is 2.27. The third-order valence-electron chi connectivity index (χ3n) is 3.24. The van der Waals surface area contributed by atoms with Gasteiger partial charge >= 0.3 is 5.97 Å². The first-order chi connectivity index (χ1) is 9.00. The summed E-state index contributed by atoms with van der Waals surface area (Å²) >= 11 is 0. The third-order valence-corrected chi connectivity index (χ3v) is 3.24. The van der Waals surface area contributed by atoms with Gasteiger partial charge in [0.15, 0.2) is 0 Å². The molecule has 2 rings (SSSR count). The highest BCUT2D eigenvalue weighted by molar-refractivity contribution is 5.98. The Labute approximate surface area is 109 Å². The van der Waals surface area contributed by atoms with Gasteiger partial charge in [-0.25, -0.2) is 9.18 Å². The number of carbonyl (C=O) groups is 2. The first kappa shape index (κ1) is 13.3. The fraction of sp³-hybridized carbons (Fsp3) is 0.385. The molecular weight excluding hydrogens is 253 g/mol. The lowest BCUT2D eigenvalue weighted by molar-refractivity contribution is -0.143. The van der Waals surface area contributed by atoms with Crippen LogP contribution in [0.4, 0.5) is 4.39 Å². The van der Waals surface area contributed by atoms with Crippen LogP contribution in [0.1, 0.15) is 29.6 Å². The van der Waals surface area contributed by atoms with Gasteiger partial charge in [0.25, 0.3) is 5.91 Å². The fourth-order valence-corrected chi connectivity index (χ4v) is 2.27. The second-order valence-corrected chi connectivity index (χ2v) is 4.51. The van der Waals surface area contributed by atoms with Crippen molar-refractivity contribution in [3.05, 3.63) is 29.6 Å². The quantitative estimate of drug-likeness (QED) is 0.853. The standard InChI is InChI=1S/C13H14FNO4/c14-8-4-5-9(11(16)7-8)12(17)15-6-2-1-3-10(15)13(18)19/h4-5,7,10,16H,1-3,6H2,(H,18,19)/t10-/m1/s1. The summed E-state index contributed by atoms with van der Waals surface area (Å²) in [4.78, 5) is 24.6. The summed E-state index contributed by atoms with van der Waals surface area (Å²) in [5.41, 5.74) is -0.0745. The van der Waals surface area contributed by atoms with Crippen LogP contribution in [0.3, 0.4) is 0 Å². The van der Waals surface area contributed by atoms with Crippen molar-refractivity contribution in [2.45, 2.75) is 25.3 Å². The van der Waals surface area contributed by atoms with Crippen molar-refractivity contribution in [1.29, 1.82) is 0 Å². The smallest absolute Gasteiger partial charge is 0.326 e. The number of aliphatic carboxylic acids is 1. The van der Waals surface area contributed by atoms with Crippen LogP contribution in [0, 0.1) is 5.82 Å². The molecule has 6 heteroatoms. The zero-order valence-corrected chi connectivity index (χ0v) is 10.2. The van der Waals surface area contributed by atoms with Gasteiger partial charge in [0.1, 0.15) is 17.6 Å². The molecular formula is C13H14FNO4. The van der Waals surface area contributed by atoms with Gasteiger partial charge in [-0.05, 0) is 31.4 Å². The second kappa shape index (κ2) is 5.26. The van der Waals surface area contributed by atoms with E-state index in [2.05, 4.69) is 0 Å². The number of phenols is 1. The summed E-state index contributed by atoms with van der Waals surface area (Å²) < 4.78 is 12.9. The molecule has 1 aliphatic rings. The molecule has 0 spiro atoms. The lowest BCUT2D eigenvalue weighted by Crippen LogP contribution is -2.48. The molecule has 0 radical (unpaired) electrons. The molecule has 0 saturated carbocycles. The van der Waals surface area contributed by atoms with Crippen LogP contribution in [0.5, 0.6) is 5.75 Å². The molecule has 1 aliphatic heterocycles. The molecule has 1 fully saturated rings. The Kier molecular flexibility index (Phi) is 3.69. The highest BCUT2D eigenvalue weighted by atomic mass is 19.1. The van der Waals surface area contributed by atoms with E-state index in [9.17, 15) is 19.1 Å². The van der Waals surface area contributed by atoms with Gasteiger partial charge in [-0.2, -0.15) is 0 Å². The maximum atomic E-state index is 12.9. The molecule has 102 valence electrons. The summed E-state index contributed by atoms with van der Waals surface area (Å²) in [6, 6.07) is 2.19. The van der Waals surface area contributed by atoms with Crippen molar-refractivity contribution in [3.8, 4) is 5.75 Å². The van der Waals surface area contributed by atoms with Crippen LogP contribution >= 0.6 is 0 Å². The predicted molar refractivity (Wildman–Crippen MR) is 64.4 cm³/mol. The largest absolute Gasteiger partial charge is 0.507 e. The minimum atomic E-state index is -1.06. The van der Waals surface area contributed by atoms with Gasteiger partial charge in [-0.15, -0.1) is 0 Å². The Morgan fingerprint density at radius 1 is 1.32 bits per heavy atom. The number of nitrogens with zero attached hydrogens (tertiary/aromatic N) is 1. The van der Waals surface area contributed by atoms with Crippen LogP contribution in [0.15, 0.2) is 18.2 Å². The summed E-state index contributed by atoms with van der Waals surface area (Å²) in [5.74, 6) is -2.76. The lowest BCUT2D eigenvalue weighted by atomic mass is 10.0. The van der Waals surface area contributed by atoms with Gasteiger partial charge in [0, 0.05) is 12.6 Å². The normalized spacial score (nSPS) is 19.2. The van der Waals surface area contributed by atoms with Gasteiger partial charge in [-0.3, -0.25) is 4.79 Å². The first-order valence-electron chi connectivity index (χ1n) is 6.03. The van der Waals surface area contributed by atoms with Crippen molar-refractivity contribution in [3.63, 3.8) is 0 Å². The zero-order valence-electron chi connectivity index (χ0n) is 10.2. The molecule has 1 atom stereocenters. The molecule has 0 aromatic heterocycles. The summed E-state index contributed by atoms with van der Waals surface area (Å²) in [6.07, 6.45) is 1.86. The molecule has 1 aromatic rings. The average Bonchev–Trinajstić information content (AvgIpc) is 2.38. The van der Waals surface area contributed by atoms with E-state index in [0.717, 1.165) is 25.0 Å². The Morgan fingerprint density at radius 2 is 2.05 bits per heavy atom. The second-order valence-electron chi connectivity index (χ2n) is 4.51. The van der Waals surface area contributed by atoms with Crippen molar-refractivity contribution in [2.75, 3.05) is 6.54 Å². The third kappa shape index (κ3) is 2.67.